The molecule has 9 heteroatoms. The van der Waals surface area contributed by atoms with Crippen LogP contribution in [0.3, 0.4) is 0 Å². The summed E-state index contributed by atoms with van der Waals surface area (Å²) in [5.74, 6) is -0.603. The lowest BCUT2D eigenvalue weighted by molar-refractivity contribution is -0.138. The number of ether oxygens (including phenoxy) is 1. The number of fused-ring (bicyclic) bond motifs is 1. The maximum absolute atomic E-state index is 13.5. The topological polar surface area (TPSA) is 88.6 Å². The highest BCUT2D eigenvalue weighted by Crippen LogP contribution is 2.29. The smallest absolute Gasteiger partial charge is 0.262 e. The van der Waals surface area contributed by atoms with E-state index < -0.39 is 12.1 Å². The van der Waals surface area contributed by atoms with Crippen LogP contribution in [0.4, 0.5) is 0 Å². The Labute approximate surface area is 193 Å². The lowest BCUT2D eigenvalue weighted by atomic mass is 10.1. The molecule has 2 saturated heterocycles. The van der Waals surface area contributed by atoms with Gasteiger partial charge >= 0.3 is 0 Å². The zero-order chi connectivity index (χ0) is 22.1. The molecule has 0 aromatic carbocycles. The number of carbonyl (C=O) groups excluding carboxylic acids is 3. The first-order valence-corrected chi connectivity index (χ1v) is 12.1. The van der Waals surface area contributed by atoms with Gasteiger partial charge in [-0.1, -0.05) is 12.1 Å². The Hall–Kier alpha value is -2.88. The highest BCUT2D eigenvalue weighted by molar-refractivity contribution is 7.17. The number of hydrogen-bond donors (Lipinski definition) is 1. The van der Waals surface area contributed by atoms with Gasteiger partial charge in [0.25, 0.3) is 5.91 Å². The predicted octanol–water partition coefficient (Wildman–Crippen LogP) is 2.78. The third-order valence-electron chi connectivity index (χ3n) is 5.76. The molecule has 2 amide bonds. The molecule has 3 aromatic rings. The highest BCUT2D eigenvalue weighted by atomic mass is 32.1. The van der Waals surface area contributed by atoms with Gasteiger partial charge in [0.05, 0.1) is 11.0 Å². The first-order chi connectivity index (χ1) is 15.6. The summed E-state index contributed by atoms with van der Waals surface area (Å²) < 4.78 is 5.52. The molecule has 5 rings (SSSR count). The monoisotopic (exact) mass is 467 g/mol. The number of ketones is 1. The summed E-state index contributed by atoms with van der Waals surface area (Å²) >= 11 is 2.89. The highest BCUT2D eigenvalue weighted by Gasteiger charge is 2.48. The molecule has 0 spiro atoms. The van der Waals surface area contributed by atoms with Crippen LogP contribution >= 0.6 is 22.7 Å². The minimum Gasteiger partial charge on any atom is -0.368 e. The molecule has 3 unspecified atom stereocenters. The van der Waals surface area contributed by atoms with E-state index in [-0.39, 0.29) is 30.3 Å². The number of amides is 2. The molecule has 0 aliphatic carbocycles. The van der Waals surface area contributed by atoms with E-state index >= 15 is 0 Å². The van der Waals surface area contributed by atoms with Crippen molar-refractivity contribution in [3.63, 3.8) is 0 Å². The zero-order valence-electron chi connectivity index (χ0n) is 17.1. The molecule has 2 aliphatic rings. The number of likely N-dealkylation sites (tertiary alicyclic amines) is 1. The van der Waals surface area contributed by atoms with E-state index in [0.717, 1.165) is 15.3 Å². The first kappa shape index (κ1) is 21.0. The fraction of sp³-hybridized carbons (Fsp3) is 0.304. The second kappa shape index (κ2) is 8.93. The van der Waals surface area contributed by atoms with Gasteiger partial charge in [0.2, 0.25) is 5.91 Å². The van der Waals surface area contributed by atoms with Crippen molar-refractivity contribution >= 4 is 40.3 Å². The van der Waals surface area contributed by atoms with Crippen LogP contribution in [0.2, 0.25) is 0 Å². The Morgan fingerprint density at radius 3 is 2.94 bits per heavy atom. The summed E-state index contributed by atoms with van der Waals surface area (Å²) in [5, 5.41) is 4.87. The van der Waals surface area contributed by atoms with Gasteiger partial charge in [0.15, 0.2) is 5.78 Å². The first-order valence-electron chi connectivity index (χ1n) is 10.4. The number of aromatic nitrogens is 1. The molecule has 3 aromatic heterocycles. The van der Waals surface area contributed by atoms with Crippen LogP contribution in [0.5, 0.6) is 0 Å². The van der Waals surface area contributed by atoms with Gasteiger partial charge in [-0.25, -0.2) is 0 Å². The van der Waals surface area contributed by atoms with E-state index in [9.17, 15) is 14.4 Å². The van der Waals surface area contributed by atoms with Gasteiger partial charge in [0.1, 0.15) is 18.7 Å². The average molecular weight is 468 g/mol. The third-order valence-corrected chi connectivity index (χ3v) is 7.79. The fourth-order valence-corrected chi connectivity index (χ4v) is 5.88. The zero-order valence-corrected chi connectivity index (χ0v) is 18.7. The minimum absolute atomic E-state index is 0.0490. The quantitative estimate of drug-likeness (QED) is 0.602. The van der Waals surface area contributed by atoms with Gasteiger partial charge < -0.3 is 15.0 Å². The molecule has 2 fully saturated rings. The Balaban J connectivity index is 1.35. The van der Waals surface area contributed by atoms with Crippen molar-refractivity contribution in [2.45, 2.75) is 31.0 Å². The standard InChI is InChI=1S/C23H21N3O4S2/c27-17-13-30-18-7-9-26(21(17)18)23(29)16(11-15-4-2-10-31-15)25-22(28)20-6-5-19(32-20)14-3-1-8-24-12-14/h1-6,8,10,12,16,18,21H,7,9,11,13H2,(H,25,28). The maximum Gasteiger partial charge on any atom is 0.262 e. The normalized spacial score (nSPS) is 20.9. The van der Waals surface area contributed by atoms with Crippen LogP contribution < -0.4 is 5.32 Å². The number of carbonyl (C=O) groups is 3. The second-order valence-corrected chi connectivity index (χ2v) is 9.91. The van der Waals surface area contributed by atoms with Crippen LogP contribution in [0.15, 0.2) is 54.2 Å². The summed E-state index contributed by atoms with van der Waals surface area (Å²) in [7, 11) is 0. The number of Topliss-reactive ketones (excluding diaryl/α,β-unsaturated/α-hetero) is 1. The predicted molar refractivity (Wildman–Crippen MR) is 122 cm³/mol. The van der Waals surface area contributed by atoms with E-state index in [1.807, 2.05) is 35.7 Å². The van der Waals surface area contributed by atoms with Crippen molar-refractivity contribution in [3.8, 4) is 10.4 Å². The molecule has 1 N–H and O–H groups in total. The van der Waals surface area contributed by atoms with Crippen molar-refractivity contribution in [1.82, 2.24) is 15.2 Å². The molecule has 32 heavy (non-hydrogen) atoms. The van der Waals surface area contributed by atoms with Crippen molar-refractivity contribution < 1.29 is 19.1 Å². The lowest BCUT2D eigenvalue weighted by Crippen LogP contribution is -2.53. The molecule has 164 valence electrons. The van der Waals surface area contributed by atoms with Gasteiger partial charge in [0, 0.05) is 40.7 Å². The summed E-state index contributed by atoms with van der Waals surface area (Å²) in [6, 6.07) is 10.0. The molecule has 0 saturated carbocycles. The Bertz CT molecular complexity index is 1130. The molecule has 5 heterocycles. The largest absolute Gasteiger partial charge is 0.368 e. The van der Waals surface area contributed by atoms with Crippen LogP contribution in [-0.4, -0.2) is 58.8 Å². The number of rotatable bonds is 6. The number of nitrogens with one attached hydrogen (secondary N) is 1. The number of hydrogen-bond acceptors (Lipinski definition) is 7. The maximum atomic E-state index is 13.5. The molecule has 0 radical (unpaired) electrons. The molecule has 0 bridgehead atoms. The average Bonchev–Trinajstić information content (AvgIpc) is 3.60. The SMILES string of the molecule is O=C(NC(Cc1cccs1)C(=O)N1CCC2OCC(=O)C21)c1ccc(-c2cccnc2)s1. The Morgan fingerprint density at radius 2 is 2.16 bits per heavy atom. The summed E-state index contributed by atoms with van der Waals surface area (Å²) in [6.07, 6.45) is 4.24. The van der Waals surface area contributed by atoms with Gasteiger partial charge in [-0.2, -0.15) is 0 Å². The molecular weight excluding hydrogens is 446 g/mol. The van der Waals surface area contributed by atoms with Gasteiger partial charge in [-0.05, 0) is 36.1 Å². The number of thiophene rings is 2. The van der Waals surface area contributed by atoms with Crippen molar-refractivity contribution in [2.24, 2.45) is 0 Å². The third kappa shape index (κ3) is 4.11. The molecular formula is C23H21N3O4S2. The number of pyridine rings is 1. The summed E-state index contributed by atoms with van der Waals surface area (Å²) in [4.78, 5) is 47.0. The Morgan fingerprint density at radius 1 is 1.25 bits per heavy atom. The van der Waals surface area contributed by atoms with Crippen molar-refractivity contribution in [3.05, 3.63) is 63.9 Å². The Kier molecular flexibility index (Phi) is 5.86. The van der Waals surface area contributed by atoms with Crippen LogP contribution in [0.25, 0.3) is 10.4 Å². The van der Waals surface area contributed by atoms with Crippen molar-refractivity contribution in [2.75, 3.05) is 13.2 Å². The van der Waals surface area contributed by atoms with E-state index in [1.165, 1.54) is 22.7 Å². The lowest BCUT2D eigenvalue weighted by Gasteiger charge is -2.27. The number of nitrogens with zero attached hydrogens (tertiary/aromatic N) is 2. The van der Waals surface area contributed by atoms with Crippen LogP contribution in [-0.2, 0) is 20.7 Å². The van der Waals surface area contributed by atoms with Gasteiger partial charge in [-0.15, -0.1) is 22.7 Å². The minimum atomic E-state index is -0.753. The second-order valence-electron chi connectivity index (χ2n) is 7.80. The van der Waals surface area contributed by atoms with Crippen LogP contribution in [0.1, 0.15) is 21.0 Å². The fourth-order valence-electron chi connectivity index (χ4n) is 4.22. The van der Waals surface area contributed by atoms with E-state index in [0.29, 0.717) is 24.3 Å². The summed E-state index contributed by atoms with van der Waals surface area (Å²) in [6.45, 7) is 0.508. The van der Waals surface area contributed by atoms with E-state index in [2.05, 4.69) is 10.3 Å². The van der Waals surface area contributed by atoms with E-state index in [4.69, 9.17) is 4.74 Å². The van der Waals surface area contributed by atoms with Crippen LogP contribution in [0, 0.1) is 0 Å². The molecule has 7 nitrogen and oxygen atoms in total. The van der Waals surface area contributed by atoms with E-state index in [1.54, 1.807) is 23.4 Å². The van der Waals surface area contributed by atoms with Crippen molar-refractivity contribution in [1.29, 1.82) is 0 Å². The summed E-state index contributed by atoms with van der Waals surface area (Å²) in [5.41, 5.74) is 0.936. The van der Waals surface area contributed by atoms with Gasteiger partial charge in [-0.3, -0.25) is 19.4 Å². The molecule has 3 atom stereocenters. The molecule has 2 aliphatic heterocycles.